The van der Waals surface area contributed by atoms with E-state index >= 15 is 0 Å². The lowest BCUT2D eigenvalue weighted by atomic mass is 9.85. The Morgan fingerprint density at radius 1 is 1.04 bits per heavy atom. The van der Waals surface area contributed by atoms with E-state index < -0.39 is 43.9 Å². The van der Waals surface area contributed by atoms with Crippen molar-refractivity contribution in [1.29, 1.82) is 0 Å². The number of nitrogens with one attached hydrogen (secondary N) is 1. The first kappa shape index (κ1) is 31.2. The number of carbonyl (C=O) groups excluding carboxylic acids is 3. The van der Waals surface area contributed by atoms with Gasteiger partial charge in [0.25, 0.3) is 5.56 Å². The number of alkyl carbamates (subject to hydrolysis) is 1. The average molecular weight is 640 g/mol. The third-order valence-corrected chi connectivity index (χ3v) is 12.3. The van der Waals surface area contributed by atoms with Crippen LogP contribution in [0, 0.1) is 0 Å². The Hall–Kier alpha value is -4.77. The molecular formula is C35H37N3O7Si. The fraction of sp³-hybridized carbons (Fsp3) is 0.343. The van der Waals surface area contributed by atoms with Crippen LogP contribution in [-0.2, 0) is 42.6 Å². The molecule has 11 heteroatoms. The Balaban J connectivity index is 1.47. The van der Waals surface area contributed by atoms with Crippen molar-refractivity contribution in [2.24, 2.45) is 0 Å². The second-order valence-electron chi connectivity index (χ2n) is 13.2. The van der Waals surface area contributed by atoms with Crippen LogP contribution in [0.5, 0.6) is 0 Å². The summed E-state index contributed by atoms with van der Waals surface area (Å²) in [5.41, 5.74) is 0.572. The Labute approximate surface area is 267 Å². The van der Waals surface area contributed by atoms with Gasteiger partial charge in [-0.1, -0.05) is 73.7 Å². The van der Waals surface area contributed by atoms with E-state index in [1.807, 2.05) is 36.4 Å². The number of pyridine rings is 2. The zero-order valence-corrected chi connectivity index (χ0v) is 27.9. The van der Waals surface area contributed by atoms with Gasteiger partial charge in [0.1, 0.15) is 26.8 Å². The monoisotopic (exact) mass is 639 g/mol. The van der Waals surface area contributed by atoms with Gasteiger partial charge in [0.05, 0.1) is 29.0 Å². The van der Waals surface area contributed by atoms with E-state index in [4.69, 9.17) is 19.2 Å². The van der Waals surface area contributed by atoms with E-state index in [-0.39, 0.29) is 29.7 Å². The van der Waals surface area contributed by atoms with Crippen LogP contribution in [0.1, 0.15) is 50.8 Å². The fourth-order valence-corrected chi connectivity index (χ4v) is 9.74. The first-order valence-corrected chi connectivity index (χ1v) is 18.4. The number of ether oxygens (including phenoxy) is 3. The van der Waals surface area contributed by atoms with Gasteiger partial charge < -0.3 is 24.1 Å². The predicted molar refractivity (Wildman–Crippen MR) is 176 cm³/mol. The van der Waals surface area contributed by atoms with E-state index in [0.29, 0.717) is 17.9 Å². The van der Waals surface area contributed by atoms with Gasteiger partial charge in [-0.3, -0.25) is 9.59 Å². The quantitative estimate of drug-likeness (QED) is 0.168. The van der Waals surface area contributed by atoms with Gasteiger partial charge in [-0.25, -0.2) is 14.6 Å². The van der Waals surface area contributed by atoms with Gasteiger partial charge in [-0.15, -0.1) is 0 Å². The lowest BCUT2D eigenvalue weighted by Gasteiger charge is -2.35. The lowest BCUT2D eigenvalue weighted by molar-refractivity contribution is -0.188. The largest absolute Gasteiger partial charge is 0.457 e. The minimum atomic E-state index is -2.31. The normalized spacial score (nSPS) is 17.0. The summed E-state index contributed by atoms with van der Waals surface area (Å²) in [5.74, 6) is -1.65. The molecule has 0 saturated heterocycles. The van der Waals surface area contributed by atoms with Gasteiger partial charge >= 0.3 is 18.0 Å². The minimum absolute atomic E-state index is 0.0110. The number of hydrogen-bond donors (Lipinski definition) is 1. The summed E-state index contributed by atoms with van der Waals surface area (Å²) < 4.78 is 18.2. The fourth-order valence-electron chi connectivity index (χ4n) is 6.59. The Morgan fingerprint density at radius 2 is 1.74 bits per heavy atom. The summed E-state index contributed by atoms with van der Waals surface area (Å²) in [7, 11) is -2.31. The summed E-state index contributed by atoms with van der Waals surface area (Å²) >= 11 is 0. The van der Waals surface area contributed by atoms with Crippen molar-refractivity contribution in [1.82, 2.24) is 14.9 Å². The Morgan fingerprint density at radius 3 is 2.43 bits per heavy atom. The van der Waals surface area contributed by atoms with E-state index in [1.54, 1.807) is 38.3 Å². The highest BCUT2D eigenvalue weighted by atomic mass is 28.3. The molecule has 4 aromatic rings. The molecule has 2 aliphatic rings. The number of aromatic nitrogens is 2. The van der Waals surface area contributed by atoms with Gasteiger partial charge in [0.2, 0.25) is 5.60 Å². The lowest BCUT2D eigenvalue weighted by Crippen LogP contribution is -2.54. The van der Waals surface area contributed by atoms with Crippen molar-refractivity contribution < 1.29 is 28.6 Å². The number of nitrogens with zero attached hydrogens (tertiary/aromatic N) is 2. The zero-order chi connectivity index (χ0) is 33.0. The number of carbonyl (C=O) groups is 3. The van der Waals surface area contributed by atoms with Gasteiger partial charge in [-0.05, 0) is 44.5 Å². The number of cyclic esters (lactones) is 1. The highest BCUT2D eigenvalue weighted by molar-refractivity contribution is 7.02. The van der Waals surface area contributed by atoms with E-state index in [1.165, 1.54) is 10.4 Å². The molecule has 2 aromatic carbocycles. The third kappa shape index (κ3) is 5.18. The van der Waals surface area contributed by atoms with E-state index in [2.05, 4.69) is 36.6 Å². The molecule has 2 aliphatic heterocycles. The molecule has 0 fully saturated rings. The number of hydrogen-bond acceptors (Lipinski definition) is 8. The molecule has 0 saturated carbocycles. The van der Waals surface area contributed by atoms with Crippen LogP contribution in [0.25, 0.3) is 22.3 Å². The number of esters is 2. The molecule has 2 aromatic heterocycles. The van der Waals surface area contributed by atoms with Crippen molar-refractivity contribution in [2.75, 3.05) is 6.54 Å². The van der Waals surface area contributed by atoms with Crippen molar-refractivity contribution in [3.8, 4) is 11.4 Å². The topological polar surface area (TPSA) is 126 Å². The maximum atomic E-state index is 14.2. The SMILES string of the molecule is CCC1(OC(=O)CNC(=O)OC(C)(C)C)C(=O)OCc2c1cc1n(c2=O)Cc2c-1nc1ccccc1c2[Si](C)(C)c1ccccc1. The van der Waals surface area contributed by atoms with Crippen LogP contribution in [0.4, 0.5) is 4.79 Å². The van der Waals surface area contributed by atoms with Crippen molar-refractivity contribution in [2.45, 2.75) is 71.6 Å². The number of rotatable bonds is 6. The predicted octanol–water partition coefficient (Wildman–Crippen LogP) is 3.98. The van der Waals surface area contributed by atoms with Crippen LogP contribution in [0.3, 0.4) is 0 Å². The summed E-state index contributed by atoms with van der Waals surface area (Å²) in [6, 6.07) is 20.2. The average Bonchev–Trinajstić information content (AvgIpc) is 3.38. The first-order valence-electron chi connectivity index (χ1n) is 15.4. The molecule has 0 spiro atoms. The van der Waals surface area contributed by atoms with Gasteiger partial charge in [0.15, 0.2) is 0 Å². The number of para-hydroxylation sites is 1. The number of benzene rings is 2. The number of amides is 1. The standard InChI is InChI=1S/C35H37N3O7Si/c1-7-35(44-28(39)18-36-33(42)45-34(2,3)4)25-17-27-29-23(19-38(27)31(40)24(25)20-43-32(35)41)30(22-15-11-12-16-26(22)37-29)46(5,6)21-13-9-8-10-14-21/h8-17H,7,18-20H2,1-6H3,(H,36,42). The highest BCUT2D eigenvalue weighted by Gasteiger charge is 2.50. The van der Waals surface area contributed by atoms with Crippen LogP contribution in [0.15, 0.2) is 65.5 Å². The summed E-state index contributed by atoms with van der Waals surface area (Å²) in [5, 5.41) is 5.88. The summed E-state index contributed by atoms with van der Waals surface area (Å²) in [6.07, 6.45) is -0.790. The smallest absolute Gasteiger partial charge is 0.408 e. The second kappa shape index (κ2) is 11.2. The molecule has 0 bridgehead atoms. The molecule has 1 unspecified atom stereocenters. The van der Waals surface area contributed by atoms with Crippen LogP contribution in [0.2, 0.25) is 13.1 Å². The molecule has 46 heavy (non-hydrogen) atoms. The second-order valence-corrected chi connectivity index (χ2v) is 17.5. The molecular weight excluding hydrogens is 602 g/mol. The van der Waals surface area contributed by atoms with Crippen molar-refractivity contribution in [3.63, 3.8) is 0 Å². The Bertz CT molecular complexity index is 1960. The van der Waals surface area contributed by atoms with Crippen molar-refractivity contribution >= 4 is 47.4 Å². The van der Waals surface area contributed by atoms with Crippen molar-refractivity contribution in [3.05, 3.63) is 87.7 Å². The molecule has 0 radical (unpaired) electrons. The van der Waals surface area contributed by atoms with Gasteiger partial charge in [0, 0.05) is 16.5 Å². The minimum Gasteiger partial charge on any atom is -0.457 e. The Kier molecular flexibility index (Phi) is 7.62. The molecule has 4 heterocycles. The van der Waals surface area contributed by atoms with Gasteiger partial charge in [-0.2, -0.15) is 0 Å². The zero-order valence-electron chi connectivity index (χ0n) is 26.9. The third-order valence-electron chi connectivity index (χ3n) is 8.75. The molecule has 0 aliphatic carbocycles. The van der Waals surface area contributed by atoms with Crippen LogP contribution < -0.4 is 21.2 Å². The molecule has 1 atom stereocenters. The number of fused-ring (bicyclic) bond motifs is 5. The molecule has 6 rings (SSSR count). The molecule has 10 nitrogen and oxygen atoms in total. The maximum absolute atomic E-state index is 14.2. The van der Waals surface area contributed by atoms with Crippen LogP contribution in [-0.4, -0.2) is 47.8 Å². The maximum Gasteiger partial charge on any atom is 0.408 e. The summed E-state index contributed by atoms with van der Waals surface area (Å²) in [4.78, 5) is 57.9. The molecule has 1 amide bonds. The van der Waals surface area contributed by atoms with E-state index in [9.17, 15) is 19.2 Å². The van der Waals surface area contributed by atoms with E-state index in [0.717, 1.165) is 16.5 Å². The highest BCUT2D eigenvalue weighted by Crippen LogP contribution is 2.41. The summed E-state index contributed by atoms with van der Waals surface area (Å²) in [6.45, 7) is 10.9. The first-order chi connectivity index (χ1) is 21.8. The molecule has 1 N–H and O–H groups in total. The molecule has 238 valence electrons. The van der Waals surface area contributed by atoms with Crippen LogP contribution >= 0.6 is 0 Å².